The molecule has 0 saturated heterocycles. The monoisotopic (exact) mass is 332 g/mol. The molecule has 128 valence electrons. The first-order valence-corrected chi connectivity index (χ1v) is 8.71. The smallest absolute Gasteiger partial charge is 0.307 e. The molecule has 0 amide bonds. The standard InChI is InChI=1S/C23H24O2/c1-14(2)18-8-6-17(7-9-18)12-20-16(4)21(13-23(24)25)22-11-15(3)5-10-19(20)22/h5-12,14H,13H2,1-4H3,(H,24,25)/b20-12-. The van der Waals surface area contributed by atoms with Crippen molar-refractivity contribution in [1.29, 1.82) is 0 Å². The number of hydrogen-bond acceptors (Lipinski definition) is 1. The summed E-state index contributed by atoms with van der Waals surface area (Å²) in [7, 11) is 0. The molecule has 1 aliphatic carbocycles. The van der Waals surface area contributed by atoms with E-state index in [1.54, 1.807) is 0 Å². The van der Waals surface area contributed by atoms with Gasteiger partial charge >= 0.3 is 5.97 Å². The van der Waals surface area contributed by atoms with Gasteiger partial charge < -0.3 is 5.11 Å². The van der Waals surface area contributed by atoms with Crippen LogP contribution in [0.3, 0.4) is 0 Å². The van der Waals surface area contributed by atoms with Gasteiger partial charge in [-0.25, -0.2) is 0 Å². The Morgan fingerprint density at radius 3 is 2.32 bits per heavy atom. The van der Waals surface area contributed by atoms with E-state index in [0.29, 0.717) is 5.92 Å². The Bertz CT molecular complexity index is 881. The summed E-state index contributed by atoms with van der Waals surface area (Å²) < 4.78 is 0. The molecule has 2 heteroatoms. The molecule has 0 radical (unpaired) electrons. The zero-order valence-electron chi connectivity index (χ0n) is 15.3. The van der Waals surface area contributed by atoms with Gasteiger partial charge in [-0.2, -0.15) is 0 Å². The minimum atomic E-state index is -0.788. The number of carboxylic acids is 1. The third kappa shape index (κ3) is 3.43. The van der Waals surface area contributed by atoms with Crippen molar-refractivity contribution in [2.24, 2.45) is 0 Å². The van der Waals surface area contributed by atoms with Gasteiger partial charge in [0.25, 0.3) is 0 Å². The largest absolute Gasteiger partial charge is 0.481 e. The summed E-state index contributed by atoms with van der Waals surface area (Å²) in [5.41, 5.74) is 8.93. The quantitative estimate of drug-likeness (QED) is 0.754. The van der Waals surface area contributed by atoms with E-state index in [2.05, 4.69) is 62.4 Å². The number of hydrogen-bond donors (Lipinski definition) is 1. The van der Waals surface area contributed by atoms with Gasteiger partial charge in [-0.15, -0.1) is 0 Å². The van der Waals surface area contributed by atoms with Crippen molar-refractivity contribution in [3.63, 3.8) is 0 Å². The maximum atomic E-state index is 11.3. The molecule has 0 unspecified atom stereocenters. The summed E-state index contributed by atoms with van der Waals surface area (Å²) in [6, 6.07) is 14.9. The second-order valence-electron chi connectivity index (χ2n) is 7.10. The second-order valence-corrected chi connectivity index (χ2v) is 7.10. The van der Waals surface area contributed by atoms with Crippen LogP contribution in [0.15, 0.2) is 48.0 Å². The van der Waals surface area contributed by atoms with E-state index in [1.165, 1.54) is 5.56 Å². The molecule has 0 aromatic heterocycles. The molecule has 2 nitrogen and oxygen atoms in total. The topological polar surface area (TPSA) is 37.3 Å². The number of fused-ring (bicyclic) bond motifs is 1. The molecule has 3 rings (SSSR count). The third-order valence-corrected chi connectivity index (χ3v) is 4.89. The van der Waals surface area contributed by atoms with Crippen molar-refractivity contribution in [2.45, 2.75) is 40.0 Å². The Morgan fingerprint density at radius 2 is 1.72 bits per heavy atom. The van der Waals surface area contributed by atoms with Crippen molar-refractivity contribution >= 4 is 23.2 Å². The first-order valence-electron chi connectivity index (χ1n) is 8.71. The average molecular weight is 332 g/mol. The highest BCUT2D eigenvalue weighted by atomic mass is 16.4. The van der Waals surface area contributed by atoms with E-state index >= 15 is 0 Å². The Balaban J connectivity index is 2.09. The lowest BCUT2D eigenvalue weighted by Gasteiger charge is -2.07. The summed E-state index contributed by atoms with van der Waals surface area (Å²) >= 11 is 0. The molecule has 0 aliphatic heterocycles. The van der Waals surface area contributed by atoms with Crippen LogP contribution in [0, 0.1) is 6.92 Å². The molecular formula is C23H24O2. The summed E-state index contributed by atoms with van der Waals surface area (Å²) in [6.45, 7) is 8.45. The van der Waals surface area contributed by atoms with Crippen LogP contribution in [0.4, 0.5) is 0 Å². The molecule has 2 aromatic carbocycles. The highest BCUT2D eigenvalue weighted by Crippen LogP contribution is 2.43. The Kier molecular flexibility index (Phi) is 4.63. The highest BCUT2D eigenvalue weighted by molar-refractivity contribution is 6.07. The normalized spacial score (nSPS) is 15.2. The lowest BCUT2D eigenvalue weighted by Crippen LogP contribution is -1.97. The lowest BCUT2D eigenvalue weighted by molar-refractivity contribution is -0.135. The van der Waals surface area contributed by atoms with Crippen LogP contribution in [0.25, 0.3) is 17.2 Å². The molecule has 0 fully saturated rings. The number of aliphatic carboxylic acids is 1. The molecule has 1 aliphatic rings. The maximum absolute atomic E-state index is 11.3. The van der Waals surface area contributed by atoms with Crippen LogP contribution in [-0.2, 0) is 4.79 Å². The SMILES string of the molecule is CC1=C(CC(=O)O)c2cc(C)ccc2/C1=C\c1ccc(C(C)C)cc1. The fraction of sp³-hybridized carbons (Fsp3) is 0.261. The molecule has 0 saturated carbocycles. The van der Waals surface area contributed by atoms with Crippen LogP contribution in [0.2, 0.25) is 0 Å². The van der Waals surface area contributed by atoms with Crippen LogP contribution < -0.4 is 0 Å². The zero-order chi connectivity index (χ0) is 18.1. The van der Waals surface area contributed by atoms with Gasteiger partial charge in [-0.1, -0.05) is 61.9 Å². The minimum Gasteiger partial charge on any atom is -0.481 e. The van der Waals surface area contributed by atoms with Gasteiger partial charge in [0.1, 0.15) is 0 Å². The summed E-state index contributed by atoms with van der Waals surface area (Å²) in [5, 5.41) is 9.29. The van der Waals surface area contributed by atoms with Crippen molar-refractivity contribution in [3.8, 4) is 0 Å². The van der Waals surface area contributed by atoms with Crippen LogP contribution in [0.5, 0.6) is 0 Å². The van der Waals surface area contributed by atoms with Gasteiger partial charge in [0.15, 0.2) is 0 Å². The second kappa shape index (κ2) is 6.72. The number of allylic oxidation sites excluding steroid dienone is 2. The Hall–Kier alpha value is -2.61. The third-order valence-electron chi connectivity index (χ3n) is 4.89. The average Bonchev–Trinajstić information content (AvgIpc) is 2.80. The Labute approximate surface area is 149 Å². The molecule has 0 spiro atoms. The number of carboxylic acid groups (broad SMARTS) is 1. The van der Waals surface area contributed by atoms with Crippen LogP contribution in [-0.4, -0.2) is 11.1 Å². The predicted molar refractivity (Wildman–Crippen MR) is 104 cm³/mol. The molecule has 0 bridgehead atoms. The van der Waals surface area contributed by atoms with E-state index in [0.717, 1.165) is 39.0 Å². The first kappa shape index (κ1) is 17.2. The molecule has 2 aromatic rings. The molecule has 0 heterocycles. The number of carbonyl (C=O) groups is 1. The van der Waals surface area contributed by atoms with Crippen molar-refractivity contribution in [1.82, 2.24) is 0 Å². The van der Waals surface area contributed by atoms with E-state index in [-0.39, 0.29) is 6.42 Å². The van der Waals surface area contributed by atoms with Crippen LogP contribution in [0.1, 0.15) is 60.9 Å². The van der Waals surface area contributed by atoms with Crippen LogP contribution >= 0.6 is 0 Å². The van der Waals surface area contributed by atoms with E-state index < -0.39 is 5.97 Å². The number of benzene rings is 2. The van der Waals surface area contributed by atoms with Crippen molar-refractivity contribution in [2.75, 3.05) is 0 Å². The van der Waals surface area contributed by atoms with Gasteiger partial charge in [0.2, 0.25) is 0 Å². The van der Waals surface area contributed by atoms with Gasteiger partial charge in [-0.05, 0) is 64.8 Å². The Morgan fingerprint density at radius 1 is 1.04 bits per heavy atom. The van der Waals surface area contributed by atoms with E-state index in [9.17, 15) is 9.90 Å². The summed E-state index contributed by atoms with van der Waals surface area (Å²) in [4.78, 5) is 11.3. The van der Waals surface area contributed by atoms with Crippen molar-refractivity contribution in [3.05, 3.63) is 75.9 Å². The number of rotatable bonds is 4. The van der Waals surface area contributed by atoms with E-state index in [4.69, 9.17) is 0 Å². The minimum absolute atomic E-state index is 0.0614. The maximum Gasteiger partial charge on any atom is 0.307 e. The molecule has 1 N–H and O–H groups in total. The van der Waals surface area contributed by atoms with Gasteiger partial charge in [0.05, 0.1) is 6.42 Å². The lowest BCUT2D eigenvalue weighted by atomic mass is 9.97. The molecule has 0 atom stereocenters. The zero-order valence-corrected chi connectivity index (χ0v) is 15.3. The van der Waals surface area contributed by atoms with Gasteiger partial charge in [-0.3, -0.25) is 4.79 Å². The highest BCUT2D eigenvalue weighted by Gasteiger charge is 2.25. The molecule has 25 heavy (non-hydrogen) atoms. The number of aryl methyl sites for hydroxylation is 1. The van der Waals surface area contributed by atoms with E-state index in [1.807, 2.05) is 13.8 Å². The summed E-state index contributed by atoms with van der Waals surface area (Å²) in [5.74, 6) is -0.273. The fourth-order valence-electron chi connectivity index (χ4n) is 3.42. The summed E-state index contributed by atoms with van der Waals surface area (Å²) in [6.07, 6.45) is 2.23. The van der Waals surface area contributed by atoms with Crippen molar-refractivity contribution < 1.29 is 9.90 Å². The predicted octanol–water partition coefficient (Wildman–Crippen LogP) is 5.92. The molecular weight excluding hydrogens is 308 g/mol. The first-order chi connectivity index (χ1) is 11.9. The van der Waals surface area contributed by atoms with Gasteiger partial charge in [0, 0.05) is 0 Å². The fourth-order valence-corrected chi connectivity index (χ4v) is 3.42.